The average molecular weight is 739 g/mol. The van der Waals surface area contributed by atoms with Gasteiger partial charge in [0.2, 0.25) is 5.91 Å². The number of aryl methyl sites for hydroxylation is 1. The van der Waals surface area contributed by atoms with Gasteiger partial charge in [-0.15, -0.1) is 0 Å². The lowest BCUT2D eigenvalue weighted by molar-refractivity contribution is -0.125. The first-order chi connectivity index (χ1) is 26.8. The van der Waals surface area contributed by atoms with Crippen LogP contribution in [0.3, 0.4) is 0 Å². The van der Waals surface area contributed by atoms with Gasteiger partial charge in [-0.3, -0.25) is 19.3 Å². The zero-order valence-electron chi connectivity index (χ0n) is 31.4. The first-order valence-corrected chi connectivity index (χ1v) is 19.9. The van der Waals surface area contributed by atoms with Gasteiger partial charge in [0.05, 0.1) is 17.7 Å². The lowest BCUT2D eigenvalue weighted by Crippen LogP contribution is -2.51. The fraction of sp³-hybridized carbons (Fsp3) is 0.370. The van der Waals surface area contributed by atoms with Gasteiger partial charge >= 0.3 is 0 Å². The summed E-state index contributed by atoms with van der Waals surface area (Å²) in [6.07, 6.45) is 7.15. The van der Waals surface area contributed by atoms with Crippen LogP contribution in [0.15, 0.2) is 103 Å². The topological polar surface area (TPSA) is 102 Å². The van der Waals surface area contributed by atoms with E-state index in [0.717, 1.165) is 87.6 Å². The van der Waals surface area contributed by atoms with Crippen LogP contribution in [0.5, 0.6) is 11.5 Å². The average Bonchev–Trinajstić information content (AvgIpc) is 3.32. The molecular formula is C46H50N4O5. The largest absolute Gasteiger partial charge is 0.508 e. The Hall–Kier alpha value is -5.41. The van der Waals surface area contributed by atoms with Crippen molar-refractivity contribution in [2.45, 2.75) is 69.2 Å². The number of anilines is 1. The third-order valence-electron chi connectivity index (χ3n) is 11.9. The molecule has 4 aromatic carbocycles. The second kappa shape index (κ2) is 16.1. The van der Waals surface area contributed by atoms with Crippen molar-refractivity contribution >= 4 is 23.4 Å². The number of hydrogen-bond acceptors (Lipinski definition) is 7. The number of phenols is 1. The second-order valence-electron chi connectivity index (χ2n) is 15.4. The number of fused-ring (bicyclic) bond motifs is 2. The summed E-state index contributed by atoms with van der Waals surface area (Å²) in [7, 11) is 0. The Morgan fingerprint density at radius 3 is 2.40 bits per heavy atom. The molecule has 9 nitrogen and oxygen atoms in total. The van der Waals surface area contributed by atoms with Gasteiger partial charge < -0.3 is 25.0 Å². The van der Waals surface area contributed by atoms with Crippen LogP contribution in [0, 0.1) is 0 Å². The molecule has 4 aromatic rings. The van der Waals surface area contributed by atoms with Crippen molar-refractivity contribution < 1.29 is 24.2 Å². The number of phenolic OH excluding ortho intramolecular Hbond substituents is 1. The van der Waals surface area contributed by atoms with Gasteiger partial charge in [-0.1, -0.05) is 55.1 Å². The number of ether oxygens (including phenoxy) is 1. The van der Waals surface area contributed by atoms with Crippen LogP contribution in [0.1, 0.15) is 99.8 Å². The SMILES string of the molecule is C=C1CCC(N2C(=O)c3ccc(N4CCCN(CCCCCOc5ccc([C@@H]6c7ccc(O)cc7CC[C@@H]6c6ccccc6)cc5)CC4)cc3C2=O)C(=O)N1. The van der Waals surface area contributed by atoms with Crippen molar-refractivity contribution in [2.24, 2.45) is 0 Å². The van der Waals surface area contributed by atoms with Gasteiger partial charge in [0.1, 0.15) is 17.5 Å². The van der Waals surface area contributed by atoms with Gasteiger partial charge in [0, 0.05) is 36.9 Å². The Morgan fingerprint density at radius 1 is 0.764 bits per heavy atom. The molecule has 4 aliphatic rings. The second-order valence-corrected chi connectivity index (χ2v) is 15.4. The van der Waals surface area contributed by atoms with E-state index in [4.69, 9.17) is 4.74 Å². The molecule has 2 fully saturated rings. The molecule has 0 radical (unpaired) electrons. The highest BCUT2D eigenvalue weighted by Crippen LogP contribution is 2.47. The predicted molar refractivity (Wildman–Crippen MR) is 214 cm³/mol. The number of nitrogens with one attached hydrogen (secondary N) is 1. The number of carbonyl (C=O) groups excluding carboxylic acids is 3. The summed E-state index contributed by atoms with van der Waals surface area (Å²) in [5.74, 6) is 0.686. The number of imide groups is 1. The number of piperidine rings is 1. The van der Waals surface area contributed by atoms with Crippen LogP contribution in [-0.4, -0.2) is 78.0 Å². The van der Waals surface area contributed by atoms with Crippen molar-refractivity contribution in [3.05, 3.63) is 137 Å². The van der Waals surface area contributed by atoms with E-state index < -0.39 is 17.9 Å². The van der Waals surface area contributed by atoms with Crippen molar-refractivity contribution in [1.82, 2.24) is 15.1 Å². The van der Waals surface area contributed by atoms with Crippen molar-refractivity contribution in [2.75, 3.05) is 44.2 Å². The third-order valence-corrected chi connectivity index (χ3v) is 11.9. The number of aromatic hydroxyl groups is 1. The summed E-state index contributed by atoms with van der Waals surface area (Å²) in [4.78, 5) is 45.1. The lowest BCUT2D eigenvalue weighted by Gasteiger charge is -2.34. The molecular weight excluding hydrogens is 689 g/mol. The number of unbranched alkanes of at least 4 members (excludes halogenated alkanes) is 2. The summed E-state index contributed by atoms with van der Waals surface area (Å²) < 4.78 is 6.19. The monoisotopic (exact) mass is 738 g/mol. The van der Waals surface area contributed by atoms with Crippen LogP contribution in [-0.2, 0) is 11.2 Å². The van der Waals surface area contributed by atoms with Crippen LogP contribution >= 0.6 is 0 Å². The molecule has 2 N–H and O–H groups in total. The molecule has 0 spiro atoms. The Morgan fingerprint density at radius 2 is 1.58 bits per heavy atom. The molecule has 0 bridgehead atoms. The molecule has 55 heavy (non-hydrogen) atoms. The fourth-order valence-electron chi connectivity index (χ4n) is 9.04. The van der Waals surface area contributed by atoms with Gasteiger partial charge in [0.15, 0.2) is 0 Å². The van der Waals surface area contributed by atoms with E-state index in [1.807, 2.05) is 24.3 Å². The van der Waals surface area contributed by atoms with Crippen molar-refractivity contribution in [3.63, 3.8) is 0 Å². The smallest absolute Gasteiger partial charge is 0.262 e. The summed E-state index contributed by atoms with van der Waals surface area (Å²) in [5, 5.41) is 12.9. The highest BCUT2D eigenvalue weighted by Gasteiger charge is 2.44. The summed E-state index contributed by atoms with van der Waals surface area (Å²) in [5.41, 5.74) is 7.46. The molecule has 8 rings (SSSR count). The number of carbonyl (C=O) groups is 3. The fourth-order valence-corrected chi connectivity index (χ4v) is 9.04. The summed E-state index contributed by atoms with van der Waals surface area (Å²) in [6.45, 7) is 9.21. The minimum atomic E-state index is -0.802. The normalized spacial score (nSPS) is 21.6. The Bertz CT molecular complexity index is 2060. The van der Waals surface area contributed by atoms with E-state index in [-0.39, 0.29) is 11.8 Å². The maximum Gasteiger partial charge on any atom is 0.262 e. The summed E-state index contributed by atoms with van der Waals surface area (Å²) in [6, 6.07) is 30.0. The zero-order chi connectivity index (χ0) is 37.9. The minimum Gasteiger partial charge on any atom is -0.508 e. The number of allylic oxidation sites excluding steroid dienone is 1. The van der Waals surface area contributed by atoms with E-state index in [2.05, 4.69) is 82.4 Å². The molecule has 9 heteroatoms. The molecule has 1 aliphatic carbocycles. The van der Waals surface area contributed by atoms with E-state index in [9.17, 15) is 19.5 Å². The number of rotatable bonds is 11. The summed E-state index contributed by atoms with van der Waals surface area (Å²) >= 11 is 0. The molecule has 0 saturated carbocycles. The number of hydrogen-bond donors (Lipinski definition) is 2. The first-order valence-electron chi connectivity index (χ1n) is 19.9. The predicted octanol–water partition coefficient (Wildman–Crippen LogP) is 7.40. The van der Waals surface area contributed by atoms with Gasteiger partial charge in [-0.05, 0) is 135 Å². The highest BCUT2D eigenvalue weighted by atomic mass is 16.5. The number of benzene rings is 4. The van der Waals surface area contributed by atoms with E-state index in [1.165, 1.54) is 22.3 Å². The maximum absolute atomic E-state index is 13.4. The van der Waals surface area contributed by atoms with Crippen LogP contribution in [0.25, 0.3) is 0 Å². The van der Waals surface area contributed by atoms with E-state index >= 15 is 0 Å². The molecule has 284 valence electrons. The van der Waals surface area contributed by atoms with Gasteiger partial charge in [-0.25, -0.2) is 0 Å². The quantitative estimate of drug-likeness (QED) is 0.122. The third kappa shape index (κ3) is 7.76. The van der Waals surface area contributed by atoms with Gasteiger partial charge in [0.25, 0.3) is 11.8 Å². The standard InChI is InChI=1S/C46H50N4O5/c1-31-11-22-42(44(52)47-31)50-45(53)40-20-15-35(30-41(40)46(50)54)49-25-8-24-48(26-27-49)23-6-3-7-28-55-37-17-12-33(13-18-37)43-38(32-9-4-2-5-10-32)19-14-34-29-36(51)16-21-39(34)43/h2,4-5,9-10,12-13,15-18,20-21,29-30,38,42-43,51H,1,3,6-8,11,14,19,22-28H2,(H,47,52)/t38-,42?,43+/m1/s1. The molecule has 3 amide bonds. The molecule has 3 aliphatic heterocycles. The Balaban J connectivity index is 0.795. The Kier molecular flexibility index (Phi) is 10.7. The zero-order valence-corrected chi connectivity index (χ0v) is 31.4. The lowest BCUT2D eigenvalue weighted by atomic mass is 9.69. The van der Waals surface area contributed by atoms with E-state index in [1.54, 1.807) is 6.07 Å². The molecule has 1 unspecified atom stereocenters. The Labute approximate surface area is 323 Å². The van der Waals surface area contributed by atoms with Crippen LogP contribution in [0.2, 0.25) is 0 Å². The maximum atomic E-state index is 13.4. The number of nitrogens with zero attached hydrogens (tertiary/aromatic N) is 3. The molecule has 3 heterocycles. The first kappa shape index (κ1) is 36.6. The van der Waals surface area contributed by atoms with Crippen molar-refractivity contribution in [1.29, 1.82) is 0 Å². The van der Waals surface area contributed by atoms with Crippen molar-refractivity contribution in [3.8, 4) is 11.5 Å². The minimum absolute atomic E-state index is 0.222. The molecule has 2 saturated heterocycles. The van der Waals surface area contributed by atoms with Gasteiger partial charge in [-0.2, -0.15) is 0 Å². The highest BCUT2D eigenvalue weighted by molar-refractivity contribution is 6.23. The van der Waals surface area contributed by atoms with Crippen LogP contribution in [0.4, 0.5) is 5.69 Å². The molecule has 0 aromatic heterocycles. The molecule has 3 atom stereocenters. The van der Waals surface area contributed by atoms with Crippen LogP contribution < -0.4 is 15.0 Å². The van der Waals surface area contributed by atoms with E-state index in [0.29, 0.717) is 47.9 Å². The number of amides is 3.